The Morgan fingerprint density at radius 2 is 1.37 bits per heavy atom. The maximum absolute atomic E-state index is 2.68. The number of allylic oxidation sites excluding steroid dienone is 1. The summed E-state index contributed by atoms with van der Waals surface area (Å²) in [5.41, 5.74) is 9.40. The molecule has 2 aliphatic carbocycles. The van der Waals surface area contributed by atoms with Crippen LogP contribution in [0.1, 0.15) is 91.1 Å². The first kappa shape index (κ1) is 31.8. The zero-order valence-corrected chi connectivity index (χ0v) is 29.0. The summed E-state index contributed by atoms with van der Waals surface area (Å²) >= 11 is -1.15. The summed E-state index contributed by atoms with van der Waals surface area (Å²) in [6.07, 6.45) is 17.9. The minimum atomic E-state index is -1.15. The van der Waals surface area contributed by atoms with Crippen molar-refractivity contribution in [1.82, 2.24) is 0 Å². The molecule has 0 saturated carbocycles. The van der Waals surface area contributed by atoms with E-state index in [4.69, 9.17) is 0 Å². The Morgan fingerprint density at radius 3 is 2.11 bits per heavy atom. The number of benzene rings is 3. The molecule has 0 spiro atoms. The molecule has 3 aromatic rings. The summed E-state index contributed by atoms with van der Waals surface area (Å²) < 4.78 is 2.52. The number of fused-ring (bicyclic) bond motifs is 4. The fourth-order valence-corrected chi connectivity index (χ4v) is 16.9. The maximum atomic E-state index is 2.68. The Labute approximate surface area is 256 Å². The average molecular weight is 730 g/mol. The predicted molar refractivity (Wildman–Crippen MR) is 156 cm³/mol. The molecule has 0 radical (unpaired) electrons. The van der Waals surface area contributed by atoms with Crippen molar-refractivity contribution in [3.05, 3.63) is 94.3 Å². The topological polar surface area (TPSA) is 0 Å². The van der Waals surface area contributed by atoms with Gasteiger partial charge in [-0.3, -0.25) is 0 Å². The quantitative estimate of drug-likeness (QED) is 0.112. The van der Waals surface area contributed by atoms with Gasteiger partial charge in [0.25, 0.3) is 0 Å². The van der Waals surface area contributed by atoms with E-state index in [0.29, 0.717) is 0 Å². The van der Waals surface area contributed by atoms with Crippen LogP contribution in [0.3, 0.4) is 0 Å². The van der Waals surface area contributed by atoms with Crippen LogP contribution in [0.2, 0.25) is 0 Å². The van der Waals surface area contributed by atoms with Gasteiger partial charge in [0.2, 0.25) is 0 Å². The van der Waals surface area contributed by atoms with E-state index in [1.807, 2.05) is 5.31 Å². The van der Waals surface area contributed by atoms with E-state index < -0.39 is 22.9 Å². The van der Waals surface area contributed by atoms with Crippen molar-refractivity contribution in [3.63, 3.8) is 0 Å². The second-order valence-electron chi connectivity index (χ2n) is 10.5. The van der Waals surface area contributed by atoms with Gasteiger partial charge in [-0.15, -0.1) is 0 Å². The molecule has 3 aromatic carbocycles. The van der Waals surface area contributed by atoms with Crippen LogP contribution in [0.25, 0.3) is 17.2 Å². The van der Waals surface area contributed by atoms with Gasteiger partial charge in [-0.05, 0) is 0 Å². The van der Waals surface area contributed by atoms with Crippen molar-refractivity contribution in [2.45, 2.75) is 75.3 Å². The van der Waals surface area contributed by atoms with Crippen LogP contribution in [-0.2, 0) is 29.3 Å². The number of rotatable bonds is 13. The van der Waals surface area contributed by atoms with Gasteiger partial charge in [0.15, 0.2) is 0 Å². The summed E-state index contributed by atoms with van der Waals surface area (Å²) in [6, 6.07) is 25.8. The molecule has 1 atom stereocenters. The number of halogens is 2. The zero-order valence-electron chi connectivity index (χ0n) is 23.0. The van der Waals surface area contributed by atoms with Crippen LogP contribution in [0.4, 0.5) is 0 Å². The Morgan fingerprint density at radius 1 is 0.711 bits per heavy atom. The second kappa shape index (κ2) is 15.9. The van der Waals surface area contributed by atoms with Crippen molar-refractivity contribution in [1.29, 1.82) is 0 Å². The van der Waals surface area contributed by atoms with E-state index in [2.05, 4.69) is 86.7 Å². The van der Waals surface area contributed by atoms with Gasteiger partial charge < -0.3 is 24.8 Å². The third-order valence-corrected chi connectivity index (χ3v) is 17.8. The first-order valence-electron chi connectivity index (χ1n) is 14.3. The van der Waals surface area contributed by atoms with E-state index >= 15 is 0 Å². The Balaban J connectivity index is 0.00000200. The van der Waals surface area contributed by atoms with E-state index in [1.165, 1.54) is 85.9 Å². The van der Waals surface area contributed by atoms with E-state index in [0.717, 1.165) is 10.1 Å². The molecule has 0 aromatic heterocycles. The summed E-state index contributed by atoms with van der Waals surface area (Å²) in [5, 5.41) is 1.88. The van der Waals surface area contributed by atoms with Gasteiger partial charge in [-0.1, -0.05) is 0 Å². The molecular weight excluding hydrogens is 689 g/mol. The maximum Gasteiger partial charge on any atom is -1.00 e. The minimum absolute atomic E-state index is 0. The molecule has 38 heavy (non-hydrogen) atoms. The Bertz CT molecular complexity index is 1190. The van der Waals surface area contributed by atoms with Crippen LogP contribution in [-0.4, -0.2) is 12.3 Å². The van der Waals surface area contributed by atoms with Crippen LogP contribution in [0.5, 0.6) is 0 Å². The standard InChI is InChI=1S/C21H32P.C13H9.2ClH.Hf/c1-3-5-7-11-15-22(16-12-8-6-4-2)21-17-19-13-9-10-14-20(19)18-21;1-3-7-12-10(5-1)9-11-6-2-4-8-13(11)12;;;/h9-10,13-14,17-18H,3-8,11-12,15-16H2,1-2H3;1-5,7-8H,9H2;2*1H;/q;;;;+2/p-2. The van der Waals surface area contributed by atoms with Gasteiger partial charge in [-0.2, -0.15) is 0 Å². The molecule has 0 heterocycles. The molecular formula is C34H41Cl2HfP. The van der Waals surface area contributed by atoms with Gasteiger partial charge >= 0.3 is 233 Å². The van der Waals surface area contributed by atoms with E-state index in [-0.39, 0.29) is 32.7 Å². The summed E-state index contributed by atoms with van der Waals surface area (Å²) in [7, 11) is -0.0197. The normalized spacial score (nSPS) is 14.6. The number of hydrogen-bond donors (Lipinski definition) is 0. The van der Waals surface area contributed by atoms with Gasteiger partial charge in [0.05, 0.1) is 0 Å². The van der Waals surface area contributed by atoms with Crippen LogP contribution in [0, 0.1) is 0 Å². The SMILES string of the molecule is CCCCCCP(CCCCCC)C1=Cc2ccccc2[CH]1[Hf+2][c]1cccc2c1Cc1ccccc1-2.[Cl-].[Cl-]. The first-order valence-corrected chi connectivity index (χ1v) is 19.9. The fourth-order valence-electron chi connectivity index (χ4n) is 6.01. The zero-order chi connectivity index (χ0) is 24.7. The molecule has 1 unspecified atom stereocenters. The Hall–Kier alpha value is -0.720. The smallest absolute Gasteiger partial charge is 1.00 e. The van der Waals surface area contributed by atoms with Crippen LogP contribution < -0.4 is 28.1 Å². The molecule has 0 nitrogen and oxygen atoms in total. The fraction of sp³-hybridized carbons (Fsp3) is 0.412. The molecule has 0 fully saturated rings. The van der Waals surface area contributed by atoms with E-state index in [1.54, 1.807) is 14.4 Å². The predicted octanol–water partition coefficient (Wildman–Crippen LogP) is 3.71. The average Bonchev–Trinajstić information content (AvgIpc) is 3.47. The molecule has 5 rings (SSSR count). The molecule has 0 aliphatic heterocycles. The van der Waals surface area contributed by atoms with Crippen molar-refractivity contribution >= 4 is 17.3 Å². The third-order valence-electron chi connectivity index (χ3n) is 7.99. The second-order valence-corrected chi connectivity index (χ2v) is 18.1. The summed E-state index contributed by atoms with van der Waals surface area (Å²) in [4.78, 5) is 0. The number of unbranched alkanes of at least 4 members (excludes halogenated alkanes) is 6. The monoisotopic (exact) mass is 730 g/mol. The largest absolute Gasteiger partial charge is 1.00 e. The van der Waals surface area contributed by atoms with Crippen molar-refractivity contribution in [2.75, 3.05) is 12.3 Å². The van der Waals surface area contributed by atoms with E-state index in [9.17, 15) is 0 Å². The van der Waals surface area contributed by atoms with Gasteiger partial charge in [0, 0.05) is 0 Å². The van der Waals surface area contributed by atoms with Crippen LogP contribution in [0.15, 0.2) is 72.0 Å². The number of hydrogen-bond acceptors (Lipinski definition) is 0. The van der Waals surface area contributed by atoms with Crippen molar-refractivity contribution in [2.24, 2.45) is 0 Å². The van der Waals surface area contributed by atoms with Crippen molar-refractivity contribution in [3.8, 4) is 11.1 Å². The minimum Gasteiger partial charge on any atom is -1.00 e. The Kier molecular flexibility index (Phi) is 13.3. The summed E-state index contributed by atoms with van der Waals surface area (Å²) in [6.45, 7) is 4.67. The van der Waals surface area contributed by atoms with Gasteiger partial charge in [-0.25, -0.2) is 0 Å². The van der Waals surface area contributed by atoms with Gasteiger partial charge in [0.1, 0.15) is 0 Å². The molecule has 0 bridgehead atoms. The molecule has 4 heteroatoms. The third kappa shape index (κ3) is 7.32. The molecule has 200 valence electrons. The molecule has 0 saturated heterocycles. The van der Waals surface area contributed by atoms with Crippen molar-refractivity contribution < 1.29 is 47.7 Å². The van der Waals surface area contributed by atoms with Crippen LogP contribution >= 0.6 is 7.92 Å². The molecule has 0 amide bonds. The molecule has 2 aliphatic rings. The summed E-state index contributed by atoms with van der Waals surface area (Å²) in [5.74, 6) is 0. The molecule has 0 N–H and O–H groups in total. The first-order chi connectivity index (χ1) is 17.8.